The van der Waals surface area contributed by atoms with Gasteiger partial charge in [0.25, 0.3) is 6.47 Å². The van der Waals surface area contributed by atoms with Crippen molar-refractivity contribution in [1.82, 2.24) is 0 Å². The van der Waals surface area contributed by atoms with Gasteiger partial charge in [0, 0.05) is 6.04 Å². The lowest BCUT2D eigenvalue weighted by Gasteiger charge is -2.16. The summed E-state index contributed by atoms with van der Waals surface area (Å²) in [6.45, 7) is 0.510. The SMILES string of the molecule is CN.NC1C/C=C/C(OC=O)CCC1. The maximum atomic E-state index is 10.1. The molecule has 0 saturated heterocycles. The Morgan fingerprint density at radius 2 is 2.14 bits per heavy atom. The van der Waals surface area contributed by atoms with Crippen LogP contribution >= 0.6 is 0 Å². The van der Waals surface area contributed by atoms with Crippen LogP contribution in [0.2, 0.25) is 0 Å². The Kier molecular flexibility index (Phi) is 8.17. The summed E-state index contributed by atoms with van der Waals surface area (Å²) in [7, 11) is 1.50. The van der Waals surface area contributed by atoms with Gasteiger partial charge in [-0.25, -0.2) is 0 Å². The van der Waals surface area contributed by atoms with Crippen LogP contribution in [0.25, 0.3) is 0 Å². The van der Waals surface area contributed by atoms with Gasteiger partial charge >= 0.3 is 0 Å². The van der Waals surface area contributed by atoms with Gasteiger partial charge in [0.1, 0.15) is 6.10 Å². The molecule has 0 aromatic heterocycles. The van der Waals surface area contributed by atoms with Crippen molar-refractivity contribution in [3.8, 4) is 0 Å². The molecule has 14 heavy (non-hydrogen) atoms. The molecule has 0 saturated carbocycles. The second-order valence-corrected chi connectivity index (χ2v) is 3.13. The molecule has 1 aliphatic carbocycles. The summed E-state index contributed by atoms with van der Waals surface area (Å²) in [4.78, 5) is 10.1. The summed E-state index contributed by atoms with van der Waals surface area (Å²) in [6, 6.07) is 0.276. The second-order valence-electron chi connectivity index (χ2n) is 3.13. The molecule has 1 aliphatic rings. The van der Waals surface area contributed by atoms with E-state index in [1.807, 2.05) is 12.2 Å². The normalized spacial score (nSPS) is 28.8. The van der Waals surface area contributed by atoms with Crippen LogP contribution in [0.15, 0.2) is 12.2 Å². The molecule has 2 atom stereocenters. The van der Waals surface area contributed by atoms with Crippen molar-refractivity contribution in [2.24, 2.45) is 11.5 Å². The lowest BCUT2D eigenvalue weighted by atomic mass is 10.0. The second kappa shape index (κ2) is 8.72. The first-order valence-electron chi connectivity index (χ1n) is 4.92. The Labute approximate surface area is 85.3 Å². The Bertz CT molecular complexity index is 172. The van der Waals surface area contributed by atoms with E-state index in [-0.39, 0.29) is 12.1 Å². The highest BCUT2D eigenvalue weighted by Crippen LogP contribution is 2.12. The van der Waals surface area contributed by atoms with Crippen LogP contribution in [0.1, 0.15) is 25.7 Å². The smallest absolute Gasteiger partial charge is 0.293 e. The Balaban J connectivity index is 0.000000791. The van der Waals surface area contributed by atoms with E-state index in [1.165, 1.54) is 7.05 Å². The molecule has 0 aliphatic heterocycles. The average molecular weight is 200 g/mol. The van der Waals surface area contributed by atoms with E-state index in [1.54, 1.807) is 0 Å². The zero-order chi connectivity index (χ0) is 10.8. The van der Waals surface area contributed by atoms with E-state index < -0.39 is 0 Å². The van der Waals surface area contributed by atoms with Crippen LogP contribution in [0.4, 0.5) is 0 Å². The molecule has 4 N–H and O–H groups in total. The molecule has 0 amide bonds. The van der Waals surface area contributed by atoms with Crippen molar-refractivity contribution in [3.05, 3.63) is 12.2 Å². The van der Waals surface area contributed by atoms with Crippen molar-refractivity contribution in [2.45, 2.75) is 37.8 Å². The first-order valence-corrected chi connectivity index (χ1v) is 4.92. The Morgan fingerprint density at radius 3 is 2.79 bits per heavy atom. The first-order chi connectivity index (χ1) is 6.83. The van der Waals surface area contributed by atoms with Gasteiger partial charge in [-0.1, -0.05) is 6.08 Å². The van der Waals surface area contributed by atoms with E-state index in [0.29, 0.717) is 6.47 Å². The highest BCUT2D eigenvalue weighted by molar-refractivity contribution is 5.38. The topological polar surface area (TPSA) is 78.3 Å². The van der Waals surface area contributed by atoms with Gasteiger partial charge in [-0.15, -0.1) is 0 Å². The van der Waals surface area contributed by atoms with Crippen LogP contribution in [0, 0.1) is 0 Å². The van der Waals surface area contributed by atoms with Crippen molar-refractivity contribution in [1.29, 1.82) is 0 Å². The van der Waals surface area contributed by atoms with Gasteiger partial charge in [0.2, 0.25) is 0 Å². The van der Waals surface area contributed by atoms with Crippen molar-refractivity contribution < 1.29 is 9.53 Å². The third-order valence-corrected chi connectivity index (χ3v) is 2.08. The van der Waals surface area contributed by atoms with E-state index in [9.17, 15) is 4.79 Å². The van der Waals surface area contributed by atoms with Crippen LogP contribution in [-0.2, 0) is 9.53 Å². The molecule has 4 heteroatoms. The van der Waals surface area contributed by atoms with E-state index in [0.717, 1.165) is 25.7 Å². The summed E-state index contributed by atoms with van der Waals surface area (Å²) < 4.78 is 4.85. The van der Waals surface area contributed by atoms with Crippen LogP contribution in [-0.4, -0.2) is 25.7 Å². The molecular formula is C10H20N2O2. The minimum Gasteiger partial charge on any atom is -0.460 e. The van der Waals surface area contributed by atoms with Gasteiger partial charge in [-0.2, -0.15) is 0 Å². The zero-order valence-corrected chi connectivity index (χ0v) is 8.69. The third kappa shape index (κ3) is 5.72. The fourth-order valence-electron chi connectivity index (χ4n) is 1.39. The highest BCUT2D eigenvalue weighted by Gasteiger charge is 2.09. The molecule has 4 nitrogen and oxygen atoms in total. The summed E-state index contributed by atoms with van der Waals surface area (Å²) in [5, 5.41) is 0. The number of carbonyl (C=O) groups excluding carboxylic acids is 1. The van der Waals surface area contributed by atoms with Gasteiger partial charge in [-0.05, 0) is 38.8 Å². The molecule has 0 fully saturated rings. The maximum absolute atomic E-state index is 10.1. The largest absolute Gasteiger partial charge is 0.460 e. The fraction of sp³-hybridized carbons (Fsp3) is 0.700. The predicted octanol–water partition coefficient (Wildman–Crippen LogP) is 0.560. The average Bonchev–Trinajstić information content (AvgIpc) is 2.18. The van der Waals surface area contributed by atoms with Crippen molar-refractivity contribution >= 4 is 6.47 Å². The molecular weight excluding hydrogens is 180 g/mol. The third-order valence-electron chi connectivity index (χ3n) is 2.08. The summed E-state index contributed by atoms with van der Waals surface area (Å²) >= 11 is 0. The molecule has 0 bridgehead atoms. The van der Waals surface area contributed by atoms with E-state index in [2.05, 4.69) is 5.73 Å². The molecule has 0 aromatic carbocycles. The number of rotatable bonds is 2. The van der Waals surface area contributed by atoms with Crippen molar-refractivity contribution in [2.75, 3.05) is 7.05 Å². The molecule has 1 rings (SSSR count). The zero-order valence-electron chi connectivity index (χ0n) is 8.69. The van der Waals surface area contributed by atoms with Gasteiger partial charge < -0.3 is 16.2 Å². The first kappa shape index (κ1) is 13.1. The van der Waals surface area contributed by atoms with Gasteiger partial charge in [0.15, 0.2) is 0 Å². The number of hydrogen-bond donors (Lipinski definition) is 2. The summed E-state index contributed by atoms with van der Waals surface area (Å²) in [5.41, 5.74) is 10.3. The molecule has 0 spiro atoms. The molecule has 0 aromatic rings. The lowest BCUT2D eigenvalue weighted by molar-refractivity contribution is -0.131. The fourth-order valence-corrected chi connectivity index (χ4v) is 1.39. The van der Waals surface area contributed by atoms with Crippen LogP contribution < -0.4 is 11.5 Å². The number of nitrogens with two attached hydrogens (primary N) is 2. The van der Waals surface area contributed by atoms with Crippen molar-refractivity contribution in [3.63, 3.8) is 0 Å². The minimum atomic E-state index is -0.0324. The summed E-state index contributed by atoms with van der Waals surface area (Å²) in [5.74, 6) is 0. The number of carbonyl (C=O) groups is 1. The Hall–Kier alpha value is -0.870. The molecule has 0 radical (unpaired) electrons. The maximum Gasteiger partial charge on any atom is 0.293 e. The number of ether oxygens (including phenoxy) is 1. The lowest BCUT2D eigenvalue weighted by Crippen LogP contribution is -2.21. The minimum absolute atomic E-state index is 0.0324. The van der Waals surface area contributed by atoms with Gasteiger partial charge in [0.05, 0.1) is 0 Å². The molecule has 2 unspecified atom stereocenters. The quantitative estimate of drug-likeness (QED) is 0.504. The molecule has 82 valence electrons. The standard InChI is InChI=1S/C9H15NO2.CH5N/c10-8-3-1-5-9(12-7-11)6-2-4-8;1-2/h1,5,7-9H,2-4,6,10H2;2H2,1H3/b5-1+;. The Morgan fingerprint density at radius 1 is 1.43 bits per heavy atom. The van der Waals surface area contributed by atoms with E-state index >= 15 is 0 Å². The predicted molar refractivity (Wildman–Crippen MR) is 56.6 cm³/mol. The molecule has 0 heterocycles. The highest BCUT2D eigenvalue weighted by atomic mass is 16.5. The van der Waals surface area contributed by atoms with Crippen LogP contribution in [0.3, 0.4) is 0 Å². The van der Waals surface area contributed by atoms with Gasteiger partial charge in [-0.3, -0.25) is 4.79 Å². The van der Waals surface area contributed by atoms with E-state index in [4.69, 9.17) is 10.5 Å². The number of hydrogen-bond acceptors (Lipinski definition) is 4. The summed E-state index contributed by atoms with van der Waals surface area (Å²) in [6.07, 6.45) is 7.72. The van der Waals surface area contributed by atoms with Crippen LogP contribution in [0.5, 0.6) is 0 Å². The monoisotopic (exact) mass is 200 g/mol.